The Hall–Kier alpha value is -1.18. The van der Waals surface area contributed by atoms with Gasteiger partial charge in [0.2, 0.25) is 0 Å². The number of nitrogens with zero attached hydrogens (tertiary/aromatic N) is 2. The Morgan fingerprint density at radius 1 is 1.78 bits per heavy atom. The Bertz CT molecular complexity index is 492. The molecule has 1 aliphatic rings. The fourth-order valence-corrected chi connectivity index (χ4v) is 2.37. The number of alkyl halides is 2. The first-order valence-electron chi connectivity index (χ1n) is 5.35. The number of hydrogen-bond acceptors (Lipinski definition) is 5. The van der Waals surface area contributed by atoms with E-state index in [-0.39, 0.29) is 12.2 Å². The molecule has 0 saturated carbocycles. The van der Waals surface area contributed by atoms with Crippen molar-refractivity contribution in [3.8, 4) is 0 Å². The first-order chi connectivity index (χ1) is 8.51. The lowest BCUT2D eigenvalue weighted by Crippen LogP contribution is -2.37. The molecule has 6 nitrogen and oxygen atoms in total. The van der Waals surface area contributed by atoms with E-state index in [1.54, 1.807) is 0 Å². The van der Waals surface area contributed by atoms with Gasteiger partial charge in [-0.2, -0.15) is 4.98 Å². The molecule has 0 aliphatic carbocycles. The molecule has 1 saturated heterocycles. The molecule has 3 atom stereocenters. The average molecular weight is 278 g/mol. The quantitative estimate of drug-likeness (QED) is 0.762. The Balaban J connectivity index is 2.32. The molecule has 2 rings (SSSR count). The number of halogens is 2. The second-order valence-electron chi connectivity index (χ2n) is 4.25. The van der Waals surface area contributed by atoms with Crippen LogP contribution in [0, 0.1) is 0 Å². The van der Waals surface area contributed by atoms with Crippen LogP contribution < -0.4 is 11.4 Å². The minimum absolute atomic E-state index is 0.0827. The minimum atomic E-state index is -1.35. The van der Waals surface area contributed by atoms with Crippen LogP contribution >= 0.6 is 11.6 Å². The monoisotopic (exact) mass is 277 g/mol. The zero-order chi connectivity index (χ0) is 13.3. The number of ether oxygens (including phenoxy) is 1. The van der Waals surface area contributed by atoms with Crippen LogP contribution in [0.5, 0.6) is 0 Å². The topological polar surface area (TPSA) is 90.4 Å². The molecule has 1 fully saturated rings. The molecule has 0 bridgehead atoms. The smallest absolute Gasteiger partial charge is 0.351 e. The van der Waals surface area contributed by atoms with Crippen molar-refractivity contribution in [2.75, 3.05) is 19.0 Å². The molecule has 1 unspecified atom stereocenters. The van der Waals surface area contributed by atoms with Gasteiger partial charge in [0.05, 0.1) is 12.0 Å². The molecule has 3 N–H and O–H groups in total. The number of aromatic nitrogens is 2. The maximum Gasteiger partial charge on any atom is 0.351 e. The van der Waals surface area contributed by atoms with E-state index in [0.29, 0.717) is 0 Å². The normalized spacial score (nSPS) is 31.7. The molecule has 1 aliphatic heterocycles. The first kappa shape index (κ1) is 13.3. The Kier molecular flexibility index (Phi) is 3.56. The van der Waals surface area contributed by atoms with Crippen molar-refractivity contribution in [1.29, 1.82) is 0 Å². The minimum Gasteiger partial charge on any atom is -0.393 e. The molecule has 8 heteroatoms. The van der Waals surface area contributed by atoms with Crippen molar-refractivity contribution in [3.63, 3.8) is 0 Å². The second-order valence-corrected chi connectivity index (χ2v) is 4.81. The molecule has 0 spiro atoms. The Morgan fingerprint density at radius 2 is 2.50 bits per heavy atom. The van der Waals surface area contributed by atoms with E-state index in [9.17, 15) is 9.18 Å². The van der Waals surface area contributed by atoms with Crippen LogP contribution in [-0.2, 0) is 4.74 Å². The number of hydrogen-bond donors (Lipinski definition) is 2. The summed E-state index contributed by atoms with van der Waals surface area (Å²) in [6.07, 6.45) is 0.634. The molecule has 0 amide bonds. The Labute approximate surface area is 107 Å². The molecular formula is C10H13ClFN3O3. The van der Waals surface area contributed by atoms with E-state index in [2.05, 4.69) is 4.98 Å². The molecule has 2 heterocycles. The summed E-state index contributed by atoms with van der Waals surface area (Å²) in [6.45, 7) is -1.37. The summed E-state index contributed by atoms with van der Waals surface area (Å²) < 4.78 is 19.4. The van der Waals surface area contributed by atoms with Crippen LogP contribution in [0.3, 0.4) is 0 Å². The predicted molar refractivity (Wildman–Crippen MR) is 63.1 cm³/mol. The number of nitrogens with two attached hydrogens (primary N) is 1. The lowest BCUT2D eigenvalue weighted by molar-refractivity contribution is -0.109. The van der Waals surface area contributed by atoms with E-state index in [1.807, 2.05) is 0 Å². The third-order valence-electron chi connectivity index (χ3n) is 2.90. The zero-order valence-corrected chi connectivity index (χ0v) is 10.2. The van der Waals surface area contributed by atoms with Gasteiger partial charge in [-0.15, -0.1) is 11.6 Å². The van der Waals surface area contributed by atoms with Crippen molar-refractivity contribution in [3.05, 3.63) is 22.7 Å². The van der Waals surface area contributed by atoms with Crippen molar-refractivity contribution < 1.29 is 14.2 Å². The molecule has 18 heavy (non-hydrogen) atoms. The van der Waals surface area contributed by atoms with Crippen LogP contribution in [0.2, 0.25) is 0 Å². The Morgan fingerprint density at radius 3 is 3.00 bits per heavy atom. The molecule has 1 aromatic rings. The van der Waals surface area contributed by atoms with E-state index >= 15 is 0 Å². The maximum atomic E-state index is 12.9. The van der Waals surface area contributed by atoms with E-state index in [4.69, 9.17) is 27.2 Å². The summed E-state index contributed by atoms with van der Waals surface area (Å²) in [5, 5.41) is 8.54. The van der Waals surface area contributed by atoms with Crippen LogP contribution in [0.4, 0.5) is 10.2 Å². The number of aliphatic hydroxyl groups excluding tert-OH is 1. The summed E-state index contributed by atoms with van der Waals surface area (Å²) in [7, 11) is 0. The second kappa shape index (κ2) is 4.83. The third-order valence-corrected chi connectivity index (χ3v) is 3.27. The number of rotatable bonds is 3. The molecule has 0 radical (unpaired) electrons. The van der Waals surface area contributed by atoms with Gasteiger partial charge in [-0.3, -0.25) is 4.57 Å². The van der Waals surface area contributed by atoms with Crippen LogP contribution in [0.25, 0.3) is 0 Å². The summed E-state index contributed by atoms with van der Waals surface area (Å²) >= 11 is 6.04. The third kappa shape index (κ3) is 2.21. The number of anilines is 1. The maximum absolute atomic E-state index is 12.9. The average Bonchev–Trinajstić information content (AvgIpc) is 2.67. The van der Waals surface area contributed by atoms with Gasteiger partial charge in [0, 0.05) is 12.6 Å². The van der Waals surface area contributed by atoms with Crippen LogP contribution in [-0.4, -0.2) is 38.9 Å². The van der Waals surface area contributed by atoms with E-state index in [0.717, 1.165) is 4.57 Å². The van der Waals surface area contributed by atoms with Gasteiger partial charge in [0.25, 0.3) is 0 Å². The van der Waals surface area contributed by atoms with Crippen LogP contribution in [0.1, 0.15) is 12.6 Å². The van der Waals surface area contributed by atoms with Gasteiger partial charge in [-0.25, -0.2) is 9.18 Å². The van der Waals surface area contributed by atoms with Crippen molar-refractivity contribution in [2.45, 2.75) is 23.6 Å². The zero-order valence-electron chi connectivity index (χ0n) is 9.42. The van der Waals surface area contributed by atoms with E-state index < -0.39 is 36.2 Å². The van der Waals surface area contributed by atoms with Gasteiger partial charge in [-0.05, 0) is 6.07 Å². The summed E-state index contributed by atoms with van der Waals surface area (Å²) in [5.41, 5.74) is 3.39. The highest BCUT2D eigenvalue weighted by molar-refractivity contribution is 6.21. The lowest BCUT2D eigenvalue weighted by Gasteiger charge is -2.23. The summed E-state index contributed by atoms with van der Waals surface area (Å²) in [6, 6.07) is 1.42. The predicted octanol–water partition coefficient (Wildman–Crippen LogP) is 0.0524. The van der Waals surface area contributed by atoms with Crippen molar-refractivity contribution in [2.24, 2.45) is 0 Å². The molecule has 0 aromatic carbocycles. The van der Waals surface area contributed by atoms with Crippen LogP contribution in [0.15, 0.2) is 17.1 Å². The number of aliphatic hydroxyl groups is 1. The lowest BCUT2D eigenvalue weighted by atomic mass is 10.0. The van der Waals surface area contributed by atoms with Crippen molar-refractivity contribution >= 4 is 17.4 Å². The summed E-state index contributed by atoms with van der Waals surface area (Å²) in [4.78, 5) is 15.2. The highest BCUT2D eigenvalue weighted by Gasteiger charge is 2.47. The SMILES string of the molecule is Nc1ccn(C2O[C@@](CO)(CF)C[C@H]2Cl)c(=O)n1. The van der Waals surface area contributed by atoms with Gasteiger partial charge < -0.3 is 15.6 Å². The van der Waals surface area contributed by atoms with Gasteiger partial charge >= 0.3 is 5.69 Å². The van der Waals surface area contributed by atoms with E-state index in [1.165, 1.54) is 12.3 Å². The summed E-state index contributed by atoms with van der Waals surface area (Å²) in [5.74, 6) is 0.0827. The highest BCUT2D eigenvalue weighted by Crippen LogP contribution is 2.39. The largest absolute Gasteiger partial charge is 0.393 e. The van der Waals surface area contributed by atoms with Gasteiger partial charge in [0.1, 0.15) is 18.1 Å². The van der Waals surface area contributed by atoms with Gasteiger partial charge in [0.15, 0.2) is 6.23 Å². The van der Waals surface area contributed by atoms with Gasteiger partial charge in [-0.1, -0.05) is 0 Å². The first-order valence-corrected chi connectivity index (χ1v) is 5.78. The fraction of sp³-hybridized carbons (Fsp3) is 0.600. The molecule has 100 valence electrons. The highest BCUT2D eigenvalue weighted by atomic mass is 35.5. The standard InChI is InChI=1S/C10H13ClFN3O3/c11-6-3-10(4-12,5-16)18-8(6)15-2-1-7(13)14-9(15)17/h1-2,6,8,16H,3-5H2,(H2,13,14,17)/t6-,8?,10-/m1/s1. The van der Waals surface area contributed by atoms with Crippen molar-refractivity contribution in [1.82, 2.24) is 9.55 Å². The molecule has 1 aromatic heterocycles. The molecular weight excluding hydrogens is 265 g/mol. The fourth-order valence-electron chi connectivity index (χ4n) is 1.92. The number of nitrogen functional groups attached to an aromatic ring is 1.